The van der Waals surface area contributed by atoms with Crippen molar-refractivity contribution in [1.29, 1.82) is 0 Å². The Hall–Kier alpha value is -3.03. The molecule has 132 valence electrons. The van der Waals surface area contributed by atoms with E-state index in [0.29, 0.717) is 37.9 Å². The summed E-state index contributed by atoms with van der Waals surface area (Å²) < 4.78 is 5.62. The predicted octanol–water partition coefficient (Wildman–Crippen LogP) is 1.44. The molecule has 1 saturated heterocycles. The third-order valence-electron chi connectivity index (χ3n) is 3.88. The Bertz CT molecular complexity index is 687. The predicted molar refractivity (Wildman–Crippen MR) is 92.5 cm³/mol. The van der Waals surface area contributed by atoms with Gasteiger partial charge >= 0.3 is 6.03 Å². The Labute approximate surface area is 146 Å². The van der Waals surface area contributed by atoms with Gasteiger partial charge in [0.25, 0.3) is 0 Å². The van der Waals surface area contributed by atoms with E-state index in [0.717, 1.165) is 0 Å². The summed E-state index contributed by atoms with van der Waals surface area (Å²) in [4.78, 5) is 24.6. The maximum absolute atomic E-state index is 12.3. The lowest BCUT2D eigenvalue weighted by molar-refractivity contribution is 0.151. The van der Waals surface area contributed by atoms with E-state index in [1.165, 1.54) is 12.1 Å². The standard InChI is InChI=1S/C17H21N5O3/c1-13(25-15-5-3-14(23)4-6-15)20-17(24)22-11-9-21(10-12-22)16-18-7-2-8-19-16/h2-8,13,23H,9-12H2,1H3,(H,20,24). The molecule has 2 heterocycles. The fourth-order valence-corrected chi connectivity index (χ4v) is 2.59. The second-order valence-electron chi connectivity index (χ2n) is 5.73. The van der Waals surface area contributed by atoms with Gasteiger partial charge in [0.05, 0.1) is 0 Å². The average molecular weight is 343 g/mol. The monoisotopic (exact) mass is 343 g/mol. The van der Waals surface area contributed by atoms with E-state index in [2.05, 4.69) is 20.2 Å². The average Bonchev–Trinajstić information content (AvgIpc) is 2.64. The number of benzene rings is 1. The fourth-order valence-electron chi connectivity index (χ4n) is 2.59. The Morgan fingerprint density at radius 1 is 1.16 bits per heavy atom. The van der Waals surface area contributed by atoms with Crippen molar-refractivity contribution in [2.24, 2.45) is 0 Å². The number of piperazine rings is 1. The molecule has 1 fully saturated rings. The van der Waals surface area contributed by atoms with Crippen LogP contribution in [0.25, 0.3) is 0 Å². The van der Waals surface area contributed by atoms with Crippen molar-refractivity contribution >= 4 is 12.0 Å². The highest BCUT2D eigenvalue weighted by Gasteiger charge is 2.23. The Kier molecular flexibility index (Phi) is 5.17. The van der Waals surface area contributed by atoms with Crippen molar-refractivity contribution < 1.29 is 14.6 Å². The van der Waals surface area contributed by atoms with Crippen LogP contribution in [0.2, 0.25) is 0 Å². The van der Waals surface area contributed by atoms with Gasteiger partial charge in [-0.3, -0.25) is 0 Å². The van der Waals surface area contributed by atoms with E-state index >= 15 is 0 Å². The summed E-state index contributed by atoms with van der Waals surface area (Å²) >= 11 is 0. The lowest BCUT2D eigenvalue weighted by Crippen LogP contribution is -2.54. The van der Waals surface area contributed by atoms with Gasteiger partial charge in [-0.2, -0.15) is 0 Å². The van der Waals surface area contributed by atoms with Crippen LogP contribution in [0.1, 0.15) is 6.92 Å². The summed E-state index contributed by atoms with van der Waals surface area (Å²) in [7, 11) is 0. The number of urea groups is 1. The topological polar surface area (TPSA) is 90.8 Å². The van der Waals surface area contributed by atoms with Crippen LogP contribution in [0, 0.1) is 0 Å². The zero-order chi connectivity index (χ0) is 17.6. The van der Waals surface area contributed by atoms with E-state index in [-0.39, 0.29) is 11.8 Å². The number of nitrogens with one attached hydrogen (secondary N) is 1. The summed E-state index contributed by atoms with van der Waals surface area (Å²) in [5, 5.41) is 12.1. The minimum absolute atomic E-state index is 0.167. The molecule has 1 unspecified atom stereocenters. The molecule has 8 heteroatoms. The molecule has 25 heavy (non-hydrogen) atoms. The number of carbonyl (C=O) groups is 1. The number of ether oxygens (including phenoxy) is 1. The Morgan fingerprint density at radius 2 is 1.80 bits per heavy atom. The molecule has 2 aromatic rings. The number of phenolic OH excluding ortho intramolecular Hbond substituents is 1. The highest BCUT2D eigenvalue weighted by molar-refractivity contribution is 5.74. The van der Waals surface area contributed by atoms with Crippen molar-refractivity contribution in [3.63, 3.8) is 0 Å². The second kappa shape index (κ2) is 7.69. The van der Waals surface area contributed by atoms with Gasteiger partial charge in [-0.15, -0.1) is 0 Å². The maximum Gasteiger partial charge on any atom is 0.320 e. The largest absolute Gasteiger partial charge is 0.508 e. The number of amides is 2. The number of rotatable bonds is 4. The highest BCUT2D eigenvalue weighted by Crippen LogP contribution is 2.17. The second-order valence-corrected chi connectivity index (χ2v) is 5.73. The van der Waals surface area contributed by atoms with Crippen LogP contribution in [0.15, 0.2) is 42.7 Å². The molecule has 0 radical (unpaired) electrons. The van der Waals surface area contributed by atoms with Crippen LogP contribution in [0.4, 0.5) is 10.7 Å². The zero-order valence-corrected chi connectivity index (χ0v) is 14.0. The number of anilines is 1. The van der Waals surface area contributed by atoms with Crippen molar-refractivity contribution in [3.05, 3.63) is 42.7 Å². The molecule has 1 aliphatic rings. The van der Waals surface area contributed by atoms with Crippen LogP contribution in [-0.4, -0.2) is 58.4 Å². The van der Waals surface area contributed by atoms with Gasteiger partial charge < -0.3 is 25.0 Å². The van der Waals surface area contributed by atoms with Crippen LogP contribution in [-0.2, 0) is 0 Å². The van der Waals surface area contributed by atoms with Crippen molar-refractivity contribution in [1.82, 2.24) is 20.2 Å². The van der Waals surface area contributed by atoms with E-state index < -0.39 is 6.23 Å². The molecule has 1 aromatic heterocycles. The van der Waals surface area contributed by atoms with E-state index in [1.807, 2.05) is 0 Å². The molecule has 0 bridgehead atoms. The number of aromatic hydroxyl groups is 1. The lowest BCUT2D eigenvalue weighted by atomic mass is 10.3. The van der Waals surface area contributed by atoms with Crippen molar-refractivity contribution in [2.45, 2.75) is 13.2 Å². The number of nitrogens with zero attached hydrogens (tertiary/aromatic N) is 4. The Morgan fingerprint density at radius 3 is 2.44 bits per heavy atom. The van der Waals surface area contributed by atoms with Crippen molar-refractivity contribution in [2.75, 3.05) is 31.1 Å². The van der Waals surface area contributed by atoms with Crippen LogP contribution in [0.5, 0.6) is 11.5 Å². The minimum atomic E-state index is -0.479. The smallest absolute Gasteiger partial charge is 0.320 e. The number of aromatic nitrogens is 2. The van der Waals surface area contributed by atoms with Gasteiger partial charge in [0.2, 0.25) is 5.95 Å². The van der Waals surface area contributed by atoms with Crippen LogP contribution >= 0.6 is 0 Å². The van der Waals surface area contributed by atoms with Gasteiger partial charge in [-0.25, -0.2) is 14.8 Å². The van der Waals surface area contributed by atoms with Gasteiger partial charge in [0, 0.05) is 38.6 Å². The Balaban J connectivity index is 1.46. The van der Waals surface area contributed by atoms with E-state index in [1.54, 1.807) is 42.4 Å². The molecule has 1 aromatic carbocycles. The quantitative estimate of drug-likeness (QED) is 0.817. The molecular weight excluding hydrogens is 322 g/mol. The molecule has 1 aliphatic heterocycles. The van der Waals surface area contributed by atoms with Gasteiger partial charge in [-0.1, -0.05) is 0 Å². The first-order valence-corrected chi connectivity index (χ1v) is 8.15. The summed E-state index contributed by atoms with van der Waals surface area (Å²) in [6, 6.07) is 7.99. The number of carbonyl (C=O) groups excluding carboxylic acids is 1. The minimum Gasteiger partial charge on any atom is -0.508 e. The normalized spacial score (nSPS) is 15.6. The fraction of sp³-hybridized carbons (Fsp3) is 0.353. The number of phenols is 1. The lowest BCUT2D eigenvalue weighted by Gasteiger charge is -2.35. The van der Waals surface area contributed by atoms with Crippen LogP contribution < -0.4 is 15.0 Å². The molecular formula is C17H21N5O3. The summed E-state index contributed by atoms with van der Waals surface area (Å²) in [6.45, 7) is 4.32. The van der Waals surface area contributed by atoms with E-state index in [4.69, 9.17) is 4.74 Å². The summed E-state index contributed by atoms with van der Waals surface area (Å²) in [6.07, 6.45) is 2.94. The van der Waals surface area contributed by atoms with Crippen LogP contribution in [0.3, 0.4) is 0 Å². The van der Waals surface area contributed by atoms with Gasteiger partial charge in [-0.05, 0) is 37.3 Å². The third kappa shape index (κ3) is 4.50. The molecule has 0 spiro atoms. The highest BCUT2D eigenvalue weighted by atomic mass is 16.5. The first-order valence-electron chi connectivity index (χ1n) is 8.15. The number of hydrogen-bond acceptors (Lipinski definition) is 6. The first kappa shape index (κ1) is 16.8. The van der Waals surface area contributed by atoms with Gasteiger partial charge in [0.1, 0.15) is 11.5 Å². The third-order valence-corrected chi connectivity index (χ3v) is 3.88. The molecule has 8 nitrogen and oxygen atoms in total. The number of hydrogen-bond donors (Lipinski definition) is 2. The molecule has 0 aliphatic carbocycles. The zero-order valence-electron chi connectivity index (χ0n) is 14.0. The molecule has 2 amide bonds. The molecule has 1 atom stereocenters. The summed E-state index contributed by atoms with van der Waals surface area (Å²) in [5.74, 6) is 1.44. The molecule has 0 saturated carbocycles. The summed E-state index contributed by atoms with van der Waals surface area (Å²) in [5.41, 5.74) is 0. The maximum atomic E-state index is 12.3. The van der Waals surface area contributed by atoms with E-state index in [9.17, 15) is 9.90 Å². The SMILES string of the molecule is CC(NC(=O)N1CCN(c2ncccn2)CC1)Oc1ccc(O)cc1. The molecule has 3 rings (SSSR count). The molecule has 2 N–H and O–H groups in total. The van der Waals surface area contributed by atoms with Crippen molar-refractivity contribution in [3.8, 4) is 11.5 Å². The van der Waals surface area contributed by atoms with Gasteiger partial charge in [0.15, 0.2) is 6.23 Å². The first-order chi connectivity index (χ1) is 12.1.